The van der Waals surface area contributed by atoms with E-state index in [0.717, 1.165) is 28.8 Å². The second-order valence-corrected chi connectivity index (χ2v) is 6.54. The van der Waals surface area contributed by atoms with Crippen LogP contribution in [-0.4, -0.2) is 12.5 Å². The van der Waals surface area contributed by atoms with Gasteiger partial charge in [-0.25, -0.2) is 0 Å². The Morgan fingerprint density at radius 1 is 1.21 bits per heavy atom. The molecule has 0 spiro atoms. The molecule has 0 aliphatic heterocycles. The number of nitrogens with one attached hydrogen (secondary N) is 1. The molecule has 2 rings (SSSR count). The Kier molecular flexibility index (Phi) is 6.27. The van der Waals surface area contributed by atoms with E-state index in [1.165, 1.54) is 0 Å². The van der Waals surface area contributed by atoms with Crippen molar-refractivity contribution >= 4 is 23.2 Å². The van der Waals surface area contributed by atoms with Crippen molar-refractivity contribution in [3.05, 3.63) is 58.1 Å². The Morgan fingerprint density at radius 2 is 1.83 bits per heavy atom. The van der Waals surface area contributed by atoms with Crippen LogP contribution in [0.4, 0.5) is 5.69 Å². The van der Waals surface area contributed by atoms with E-state index in [1.807, 2.05) is 44.2 Å². The minimum Gasteiger partial charge on any atom is -0.483 e. The normalized spacial score (nSPS) is 11.9. The van der Waals surface area contributed by atoms with Gasteiger partial charge in [-0.2, -0.15) is 0 Å². The van der Waals surface area contributed by atoms with E-state index in [-0.39, 0.29) is 12.5 Å². The van der Waals surface area contributed by atoms with Crippen LogP contribution in [-0.2, 0) is 4.79 Å². The molecule has 2 aromatic carbocycles. The molecule has 0 aliphatic carbocycles. The Hall–Kier alpha value is -2.00. The lowest BCUT2D eigenvalue weighted by Gasteiger charge is -2.16. The predicted octanol–water partition coefficient (Wildman–Crippen LogP) is 5.49. The summed E-state index contributed by atoms with van der Waals surface area (Å²) in [5, 5.41) is 3.63. The van der Waals surface area contributed by atoms with Gasteiger partial charge in [0, 0.05) is 10.7 Å². The number of hydrogen-bond donors (Lipinski definition) is 1. The summed E-state index contributed by atoms with van der Waals surface area (Å²) < 4.78 is 5.71. The third-order valence-electron chi connectivity index (χ3n) is 4.15. The molecule has 2 aromatic rings. The highest BCUT2D eigenvalue weighted by atomic mass is 35.5. The molecule has 0 aromatic heterocycles. The Bertz CT molecular complexity index is 704. The molecule has 0 radical (unpaired) electrons. The van der Waals surface area contributed by atoms with E-state index in [2.05, 4.69) is 25.2 Å². The van der Waals surface area contributed by atoms with Gasteiger partial charge in [-0.3, -0.25) is 4.79 Å². The highest BCUT2D eigenvalue weighted by molar-refractivity contribution is 6.30. The minimum atomic E-state index is -0.167. The molecule has 0 aliphatic rings. The maximum absolute atomic E-state index is 12.3. The van der Waals surface area contributed by atoms with Crippen molar-refractivity contribution in [2.75, 3.05) is 11.9 Å². The lowest BCUT2D eigenvalue weighted by atomic mass is 9.97. The smallest absolute Gasteiger partial charge is 0.262 e. The van der Waals surface area contributed by atoms with Gasteiger partial charge >= 0.3 is 0 Å². The number of para-hydroxylation sites is 1. The quantitative estimate of drug-likeness (QED) is 0.752. The summed E-state index contributed by atoms with van der Waals surface area (Å²) in [5.74, 6) is 0.937. The molecule has 0 saturated carbocycles. The lowest BCUT2D eigenvalue weighted by molar-refractivity contribution is -0.118. The average Bonchev–Trinajstić information content (AvgIpc) is 2.53. The van der Waals surface area contributed by atoms with Gasteiger partial charge in [0.2, 0.25) is 0 Å². The summed E-state index contributed by atoms with van der Waals surface area (Å²) in [5.41, 5.74) is 3.85. The van der Waals surface area contributed by atoms with Crippen LogP contribution in [0.15, 0.2) is 36.4 Å². The van der Waals surface area contributed by atoms with Gasteiger partial charge in [-0.05, 0) is 61.1 Å². The van der Waals surface area contributed by atoms with Crippen LogP contribution in [0.1, 0.15) is 42.9 Å². The van der Waals surface area contributed by atoms with Gasteiger partial charge in [0.15, 0.2) is 6.61 Å². The molecule has 3 nitrogen and oxygen atoms in total. The Morgan fingerprint density at radius 3 is 2.46 bits per heavy atom. The number of carbonyl (C=O) groups excluding carboxylic acids is 1. The molecule has 1 amide bonds. The fourth-order valence-corrected chi connectivity index (χ4v) is 3.04. The SMILES string of the molecule is CC[C@@H](C)c1ccccc1NC(=O)COc1c(C)cc(Cl)cc1C. The zero-order valence-corrected chi connectivity index (χ0v) is 15.4. The number of halogens is 1. The molecule has 0 saturated heterocycles. The fourth-order valence-electron chi connectivity index (χ4n) is 2.71. The fraction of sp³-hybridized carbons (Fsp3) is 0.350. The molecule has 0 fully saturated rings. The predicted molar refractivity (Wildman–Crippen MR) is 100 cm³/mol. The number of carbonyl (C=O) groups is 1. The third-order valence-corrected chi connectivity index (χ3v) is 4.37. The second-order valence-electron chi connectivity index (χ2n) is 6.10. The van der Waals surface area contributed by atoms with E-state index < -0.39 is 0 Å². The van der Waals surface area contributed by atoms with Crippen LogP contribution in [0.2, 0.25) is 5.02 Å². The highest BCUT2D eigenvalue weighted by Gasteiger charge is 2.13. The standard InChI is InChI=1S/C20H24ClNO2/c1-5-13(2)17-8-6-7-9-18(17)22-19(23)12-24-20-14(3)10-16(21)11-15(20)4/h6-11,13H,5,12H2,1-4H3,(H,22,23)/t13-/m1/s1. The molecule has 0 bridgehead atoms. The first-order valence-electron chi connectivity index (χ1n) is 8.20. The molecule has 1 atom stereocenters. The van der Waals surface area contributed by atoms with Gasteiger partial charge in [-0.1, -0.05) is 43.6 Å². The van der Waals surface area contributed by atoms with Crippen molar-refractivity contribution in [1.29, 1.82) is 0 Å². The largest absolute Gasteiger partial charge is 0.483 e. The lowest BCUT2D eigenvalue weighted by Crippen LogP contribution is -2.21. The number of ether oxygens (including phenoxy) is 1. The van der Waals surface area contributed by atoms with Crippen LogP contribution >= 0.6 is 11.6 Å². The van der Waals surface area contributed by atoms with E-state index in [0.29, 0.717) is 16.7 Å². The Balaban J connectivity index is 2.05. The van der Waals surface area contributed by atoms with Gasteiger partial charge in [0.05, 0.1) is 0 Å². The molecule has 4 heteroatoms. The van der Waals surface area contributed by atoms with Crippen molar-refractivity contribution in [3.63, 3.8) is 0 Å². The summed E-state index contributed by atoms with van der Waals surface area (Å²) in [7, 11) is 0. The molecule has 1 N–H and O–H groups in total. The molecule has 0 heterocycles. The van der Waals surface area contributed by atoms with Crippen LogP contribution in [0.5, 0.6) is 5.75 Å². The van der Waals surface area contributed by atoms with Crippen LogP contribution < -0.4 is 10.1 Å². The monoisotopic (exact) mass is 345 g/mol. The number of amides is 1. The number of benzene rings is 2. The maximum atomic E-state index is 12.3. The molecular weight excluding hydrogens is 322 g/mol. The molecule has 24 heavy (non-hydrogen) atoms. The molecule has 128 valence electrons. The van der Waals surface area contributed by atoms with E-state index in [1.54, 1.807) is 0 Å². The topological polar surface area (TPSA) is 38.3 Å². The second kappa shape index (κ2) is 8.20. The summed E-state index contributed by atoms with van der Waals surface area (Å²) >= 11 is 6.02. The van der Waals surface area contributed by atoms with Gasteiger partial charge in [-0.15, -0.1) is 0 Å². The summed E-state index contributed by atoms with van der Waals surface area (Å²) in [6.07, 6.45) is 1.02. The summed E-state index contributed by atoms with van der Waals surface area (Å²) in [4.78, 5) is 12.3. The first-order chi connectivity index (χ1) is 11.4. The summed E-state index contributed by atoms with van der Waals surface area (Å²) in [6.45, 7) is 8.10. The minimum absolute atomic E-state index is 0.0296. The zero-order valence-electron chi connectivity index (χ0n) is 14.7. The highest BCUT2D eigenvalue weighted by Crippen LogP contribution is 2.28. The first-order valence-corrected chi connectivity index (χ1v) is 8.58. The van der Waals surface area contributed by atoms with Crippen molar-refractivity contribution in [3.8, 4) is 5.75 Å². The number of rotatable bonds is 6. The van der Waals surface area contributed by atoms with Gasteiger partial charge < -0.3 is 10.1 Å². The average molecular weight is 346 g/mol. The Labute approximate surface area is 149 Å². The maximum Gasteiger partial charge on any atom is 0.262 e. The first kappa shape index (κ1) is 18.3. The van der Waals surface area contributed by atoms with Crippen LogP contribution in [0.25, 0.3) is 0 Å². The van der Waals surface area contributed by atoms with Gasteiger partial charge in [0.25, 0.3) is 5.91 Å². The number of aryl methyl sites for hydroxylation is 2. The van der Waals surface area contributed by atoms with E-state index >= 15 is 0 Å². The van der Waals surface area contributed by atoms with Crippen molar-refractivity contribution < 1.29 is 9.53 Å². The van der Waals surface area contributed by atoms with Crippen molar-refractivity contribution in [1.82, 2.24) is 0 Å². The van der Waals surface area contributed by atoms with E-state index in [4.69, 9.17) is 16.3 Å². The van der Waals surface area contributed by atoms with Gasteiger partial charge in [0.1, 0.15) is 5.75 Å². The van der Waals surface area contributed by atoms with Crippen molar-refractivity contribution in [2.45, 2.75) is 40.0 Å². The van der Waals surface area contributed by atoms with Crippen LogP contribution in [0.3, 0.4) is 0 Å². The number of hydrogen-bond acceptors (Lipinski definition) is 2. The number of anilines is 1. The third kappa shape index (κ3) is 4.51. The molecule has 0 unspecified atom stereocenters. The van der Waals surface area contributed by atoms with E-state index in [9.17, 15) is 4.79 Å². The molecular formula is C20H24ClNO2. The zero-order chi connectivity index (χ0) is 17.7. The van der Waals surface area contributed by atoms with Crippen molar-refractivity contribution in [2.24, 2.45) is 0 Å². The van der Waals surface area contributed by atoms with Crippen LogP contribution in [0, 0.1) is 13.8 Å². The summed E-state index contributed by atoms with van der Waals surface area (Å²) in [6, 6.07) is 11.6.